The van der Waals surface area contributed by atoms with Crippen molar-refractivity contribution in [1.29, 1.82) is 0 Å². The third-order valence-corrected chi connectivity index (χ3v) is 4.87. The molecule has 2 aliphatic carbocycles. The van der Waals surface area contributed by atoms with Crippen molar-refractivity contribution < 1.29 is 4.74 Å². The molecule has 1 spiro atoms. The lowest BCUT2D eigenvalue weighted by atomic mass is 9.67. The largest absolute Gasteiger partial charge is 0.374 e. The second kappa shape index (κ2) is 3.52. The first kappa shape index (κ1) is 9.21. The molecule has 2 atom stereocenters. The first-order chi connectivity index (χ1) is 6.91. The standard InChI is InChI=1S/C13H22O/c1-4-8-13(9-5-1)12-7-3-2-6-11(12)10-14-13/h11-12H,1-10H2/t11-,12-/m0/s1. The molecule has 0 unspecified atom stereocenters. The van der Waals surface area contributed by atoms with Crippen LogP contribution in [0.25, 0.3) is 0 Å². The topological polar surface area (TPSA) is 9.23 Å². The van der Waals surface area contributed by atoms with Crippen molar-refractivity contribution in [2.45, 2.75) is 63.4 Å². The molecule has 2 saturated carbocycles. The van der Waals surface area contributed by atoms with Crippen LogP contribution < -0.4 is 0 Å². The summed E-state index contributed by atoms with van der Waals surface area (Å²) in [5, 5.41) is 0. The van der Waals surface area contributed by atoms with Crippen molar-refractivity contribution in [2.75, 3.05) is 6.61 Å². The molecule has 80 valence electrons. The zero-order chi connectivity index (χ0) is 9.43. The molecule has 3 rings (SSSR count). The molecule has 3 fully saturated rings. The Balaban J connectivity index is 1.78. The molecule has 1 heterocycles. The van der Waals surface area contributed by atoms with Crippen molar-refractivity contribution in [1.82, 2.24) is 0 Å². The van der Waals surface area contributed by atoms with E-state index in [0.29, 0.717) is 5.60 Å². The third-order valence-electron chi connectivity index (χ3n) is 4.87. The molecule has 3 aliphatic rings. The molecule has 0 amide bonds. The van der Waals surface area contributed by atoms with Crippen LogP contribution in [0.4, 0.5) is 0 Å². The lowest BCUT2D eigenvalue weighted by Crippen LogP contribution is -2.39. The SMILES string of the molecule is C1CCC2(CC1)OC[C@@H]1CCCC[C@@H]12. The van der Waals surface area contributed by atoms with Crippen LogP contribution in [0.15, 0.2) is 0 Å². The average Bonchev–Trinajstić information content (AvgIpc) is 2.60. The van der Waals surface area contributed by atoms with E-state index in [-0.39, 0.29) is 0 Å². The Morgan fingerprint density at radius 1 is 0.857 bits per heavy atom. The predicted molar refractivity (Wildman–Crippen MR) is 57.2 cm³/mol. The Morgan fingerprint density at radius 2 is 1.64 bits per heavy atom. The second-order valence-corrected chi connectivity index (χ2v) is 5.59. The van der Waals surface area contributed by atoms with Gasteiger partial charge in [0.05, 0.1) is 12.2 Å². The van der Waals surface area contributed by atoms with Crippen molar-refractivity contribution in [3.63, 3.8) is 0 Å². The van der Waals surface area contributed by atoms with Crippen LogP contribution in [-0.4, -0.2) is 12.2 Å². The van der Waals surface area contributed by atoms with E-state index in [1.807, 2.05) is 0 Å². The highest BCUT2D eigenvalue weighted by atomic mass is 16.5. The van der Waals surface area contributed by atoms with Gasteiger partial charge in [0.15, 0.2) is 0 Å². The van der Waals surface area contributed by atoms with E-state index in [1.54, 1.807) is 0 Å². The van der Waals surface area contributed by atoms with Crippen molar-refractivity contribution in [3.8, 4) is 0 Å². The van der Waals surface area contributed by atoms with Gasteiger partial charge in [0, 0.05) is 0 Å². The minimum Gasteiger partial charge on any atom is -0.374 e. The average molecular weight is 194 g/mol. The lowest BCUT2D eigenvalue weighted by molar-refractivity contribution is -0.0524. The fourth-order valence-electron chi connectivity index (χ4n) is 4.15. The molecule has 1 nitrogen and oxygen atoms in total. The predicted octanol–water partition coefficient (Wildman–Crippen LogP) is 3.53. The fourth-order valence-corrected chi connectivity index (χ4v) is 4.15. The summed E-state index contributed by atoms with van der Waals surface area (Å²) in [4.78, 5) is 0. The molecule has 0 radical (unpaired) electrons. The van der Waals surface area contributed by atoms with Gasteiger partial charge in [-0.3, -0.25) is 0 Å². The van der Waals surface area contributed by atoms with Gasteiger partial charge in [-0.2, -0.15) is 0 Å². The number of rotatable bonds is 0. The van der Waals surface area contributed by atoms with Gasteiger partial charge in [0.1, 0.15) is 0 Å². The number of hydrogen-bond donors (Lipinski definition) is 0. The highest BCUT2D eigenvalue weighted by Crippen LogP contribution is 2.51. The van der Waals surface area contributed by atoms with Gasteiger partial charge in [-0.15, -0.1) is 0 Å². The molecular weight excluding hydrogens is 172 g/mol. The molecule has 0 aromatic carbocycles. The van der Waals surface area contributed by atoms with Crippen LogP contribution in [0.1, 0.15) is 57.8 Å². The summed E-state index contributed by atoms with van der Waals surface area (Å²) in [6.07, 6.45) is 12.9. The molecule has 14 heavy (non-hydrogen) atoms. The van der Waals surface area contributed by atoms with Crippen LogP contribution in [0.3, 0.4) is 0 Å². The van der Waals surface area contributed by atoms with Crippen LogP contribution >= 0.6 is 0 Å². The van der Waals surface area contributed by atoms with Crippen LogP contribution in [0.2, 0.25) is 0 Å². The summed E-state index contributed by atoms with van der Waals surface area (Å²) < 4.78 is 6.23. The van der Waals surface area contributed by atoms with Crippen LogP contribution in [0.5, 0.6) is 0 Å². The zero-order valence-electron chi connectivity index (χ0n) is 9.13. The molecule has 0 N–H and O–H groups in total. The van der Waals surface area contributed by atoms with Crippen molar-refractivity contribution >= 4 is 0 Å². The van der Waals surface area contributed by atoms with Gasteiger partial charge in [0.2, 0.25) is 0 Å². The summed E-state index contributed by atoms with van der Waals surface area (Å²) >= 11 is 0. The monoisotopic (exact) mass is 194 g/mol. The first-order valence-corrected chi connectivity index (χ1v) is 6.55. The summed E-state index contributed by atoms with van der Waals surface area (Å²) in [5.74, 6) is 1.87. The van der Waals surface area contributed by atoms with E-state index in [4.69, 9.17) is 4.74 Å². The zero-order valence-corrected chi connectivity index (χ0v) is 9.13. The summed E-state index contributed by atoms with van der Waals surface area (Å²) in [6.45, 7) is 1.09. The normalized spacial score (nSPS) is 41.1. The molecule has 1 heteroatoms. The van der Waals surface area contributed by atoms with Gasteiger partial charge in [-0.1, -0.05) is 32.1 Å². The van der Waals surface area contributed by atoms with Crippen molar-refractivity contribution in [2.24, 2.45) is 11.8 Å². The number of hydrogen-bond acceptors (Lipinski definition) is 1. The van der Waals surface area contributed by atoms with E-state index in [9.17, 15) is 0 Å². The second-order valence-electron chi connectivity index (χ2n) is 5.59. The van der Waals surface area contributed by atoms with Gasteiger partial charge in [0.25, 0.3) is 0 Å². The Morgan fingerprint density at radius 3 is 2.50 bits per heavy atom. The molecular formula is C13H22O. The molecule has 1 saturated heterocycles. The molecule has 1 aliphatic heterocycles. The molecule has 0 aromatic heterocycles. The third kappa shape index (κ3) is 1.32. The van der Waals surface area contributed by atoms with Gasteiger partial charge in [-0.05, 0) is 37.5 Å². The molecule has 0 aromatic rings. The highest BCUT2D eigenvalue weighted by molar-refractivity contribution is 4.99. The number of ether oxygens (including phenoxy) is 1. The Hall–Kier alpha value is -0.0400. The summed E-state index contributed by atoms with van der Waals surface area (Å²) in [7, 11) is 0. The maximum Gasteiger partial charge on any atom is 0.0714 e. The summed E-state index contributed by atoms with van der Waals surface area (Å²) in [5.41, 5.74) is 0.364. The first-order valence-electron chi connectivity index (χ1n) is 6.55. The molecule has 0 bridgehead atoms. The van der Waals surface area contributed by atoms with Gasteiger partial charge < -0.3 is 4.74 Å². The maximum atomic E-state index is 6.23. The van der Waals surface area contributed by atoms with Crippen LogP contribution in [-0.2, 0) is 4.74 Å². The highest BCUT2D eigenvalue weighted by Gasteiger charge is 2.49. The van der Waals surface area contributed by atoms with Gasteiger partial charge in [-0.25, -0.2) is 0 Å². The Labute approximate surface area is 87.2 Å². The minimum absolute atomic E-state index is 0.364. The van der Waals surface area contributed by atoms with E-state index >= 15 is 0 Å². The van der Waals surface area contributed by atoms with Gasteiger partial charge >= 0.3 is 0 Å². The van der Waals surface area contributed by atoms with E-state index in [2.05, 4.69) is 0 Å². The smallest absolute Gasteiger partial charge is 0.0714 e. The Kier molecular flexibility index (Phi) is 2.31. The minimum atomic E-state index is 0.364. The fraction of sp³-hybridized carbons (Fsp3) is 1.00. The van der Waals surface area contributed by atoms with E-state index in [1.165, 1.54) is 57.8 Å². The van der Waals surface area contributed by atoms with Crippen LogP contribution in [0, 0.1) is 11.8 Å². The quantitative estimate of drug-likeness (QED) is 0.573. The lowest BCUT2D eigenvalue weighted by Gasteiger charge is -2.40. The van der Waals surface area contributed by atoms with E-state index < -0.39 is 0 Å². The Bertz CT molecular complexity index is 205. The van der Waals surface area contributed by atoms with Crippen molar-refractivity contribution in [3.05, 3.63) is 0 Å². The summed E-state index contributed by atoms with van der Waals surface area (Å²) in [6, 6.07) is 0. The van der Waals surface area contributed by atoms with E-state index in [0.717, 1.165) is 18.4 Å². The number of fused-ring (bicyclic) bond motifs is 2. The maximum absolute atomic E-state index is 6.23.